The molecule has 0 aliphatic carbocycles. The maximum Gasteiger partial charge on any atom is 0.248 e. The van der Waals surface area contributed by atoms with Crippen LogP contribution in [0.15, 0.2) is 0 Å². The lowest BCUT2D eigenvalue weighted by atomic mass is 10.1. The van der Waals surface area contributed by atoms with Gasteiger partial charge in [0.15, 0.2) is 6.10 Å². The summed E-state index contributed by atoms with van der Waals surface area (Å²) in [5.74, 6) is -0.614. The molecule has 2 unspecified atom stereocenters. The highest BCUT2D eigenvalue weighted by atomic mass is 16.5. The number of amides is 3. The molecule has 0 aromatic heterocycles. The summed E-state index contributed by atoms with van der Waals surface area (Å²) in [4.78, 5) is 39.2. The highest BCUT2D eigenvalue weighted by Gasteiger charge is 2.38. The largest absolute Gasteiger partial charge is 0.367 e. The molecule has 0 aromatic carbocycles. The second-order valence-electron chi connectivity index (χ2n) is 5.54. The molecule has 0 spiro atoms. The van der Waals surface area contributed by atoms with Crippen LogP contribution in [0.25, 0.3) is 0 Å². The lowest BCUT2D eigenvalue weighted by Gasteiger charge is -2.35. The molecule has 21 heavy (non-hydrogen) atoms. The molecule has 2 saturated heterocycles. The zero-order chi connectivity index (χ0) is 15.4. The van der Waals surface area contributed by atoms with Gasteiger partial charge < -0.3 is 20.3 Å². The van der Waals surface area contributed by atoms with Crippen molar-refractivity contribution in [2.24, 2.45) is 5.73 Å². The first-order chi connectivity index (χ1) is 10.0. The van der Waals surface area contributed by atoms with Gasteiger partial charge in [0, 0.05) is 19.5 Å². The van der Waals surface area contributed by atoms with Gasteiger partial charge in [-0.3, -0.25) is 14.4 Å². The van der Waals surface area contributed by atoms with E-state index in [1.807, 2.05) is 6.92 Å². The fourth-order valence-corrected chi connectivity index (χ4v) is 2.91. The average Bonchev–Trinajstić information content (AvgIpc) is 2.96. The third kappa shape index (κ3) is 3.53. The first-order valence-electron chi connectivity index (χ1n) is 7.53. The van der Waals surface area contributed by atoms with Crippen LogP contribution in [0.5, 0.6) is 0 Å². The van der Waals surface area contributed by atoms with Gasteiger partial charge in [-0.1, -0.05) is 6.92 Å². The zero-order valence-corrected chi connectivity index (χ0v) is 12.4. The maximum absolute atomic E-state index is 12.6. The minimum Gasteiger partial charge on any atom is -0.367 e. The minimum absolute atomic E-state index is 0.0352. The number of ether oxygens (including phenoxy) is 1. The van der Waals surface area contributed by atoms with Crippen molar-refractivity contribution in [2.75, 3.05) is 26.2 Å². The summed E-state index contributed by atoms with van der Waals surface area (Å²) < 4.78 is 5.25. The van der Waals surface area contributed by atoms with Gasteiger partial charge in [-0.05, 0) is 19.3 Å². The van der Waals surface area contributed by atoms with Gasteiger partial charge >= 0.3 is 0 Å². The van der Waals surface area contributed by atoms with Crippen LogP contribution in [0.2, 0.25) is 0 Å². The van der Waals surface area contributed by atoms with E-state index in [2.05, 4.69) is 0 Å². The van der Waals surface area contributed by atoms with Crippen LogP contribution in [0.4, 0.5) is 0 Å². The van der Waals surface area contributed by atoms with E-state index in [1.165, 1.54) is 0 Å². The summed E-state index contributed by atoms with van der Waals surface area (Å²) in [6, 6.07) is -0.393. The van der Waals surface area contributed by atoms with Crippen molar-refractivity contribution < 1.29 is 19.1 Å². The molecule has 0 saturated carbocycles. The summed E-state index contributed by atoms with van der Waals surface area (Å²) in [6.07, 6.45) is 2.03. The van der Waals surface area contributed by atoms with Crippen molar-refractivity contribution in [1.82, 2.24) is 9.80 Å². The predicted molar refractivity (Wildman–Crippen MR) is 75.2 cm³/mol. The topological polar surface area (TPSA) is 92.9 Å². The highest BCUT2D eigenvalue weighted by Crippen LogP contribution is 2.21. The predicted octanol–water partition coefficient (Wildman–Crippen LogP) is -0.510. The number of morpholine rings is 1. The van der Waals surface area contributed by atoms with E-state index in [0.717, 1.165) is 12.8 Å². The van der Waals surface area contributed by atoms with Crippen LogP contribution in [0.3, 0.4) is 0 Å². The number of likely N-dealkylation sites (tertiary alicyclic amines) is 1. The number of carbonyl (C=O) groups is 3. The van der Waals surface area contributed by atoms with Crippen LogP contribution < -0.4 is 5.73 Å². The lowest BCUT2D eigenvalue weighted by Crippen LogP contribution is -2.55. The smallest absolute Gasteiger partial charge is 0.248 e. The number of rotatable bonds is 4. The number of nitrogens with two attached hydrogens (primary N) is 1. The third-order valence-corrected chi connectivity index (χ3v) is 4.02. The molecule has 2 aliphatic heterocycles. The monoisotopic (exact) mass is 297 g/mol. The molecule has 3 amide bonds. The molecule has 2 heterocycles. The van der Waals surface area contributed by atoms with Gasteiger partial charge in [0.25, 0.3) is 0 Å². The van der Waals surface area contributed by atoms with Crippen molar-refractivity contribution in [1.29, 1.82) is 0 Å². The molecule has 2 fully saturated rings. The molecule has 2 N–H and O–H groups in total. The number of carbonyl (C=O) groups excluding carboxylic acids is 3. The fourth-order valence-electron chi connectivity index (χ4n) is 2.91. The van der Waals surface area contributed by atoms with Crippen molar-refractivity contribution in [2.45, 2.75) is 44.8 Å². The van der Waals surface area contributed by atoms with Crippen LogP contribution in [-0.4, -0.2) is 65.9 Å². The summed E-state index contributed by atoms with van der Waals surface area (Å²) in [6.45, 7) is 3.51. The molecule has 0 radical (unpaired) electrons. The molecule has 2 atom stereocenters. The van der Waals surface area contributed by atoms with Crippen molar-refractivity contribution in [3.63, 3.8) is 0 Å². The number of hydrogen-bond acceptors (Lipinski definition) is 4. The van der Waals surface area contributed by atoms with Gasteiger partial charge in [-0.2, -0.15) is 0 Å². The summed E-state index contributed by atoms with van der Waals surface area (Å²) in [5, 5.41) is 0. The molecule has 7 nitrogen and oxygen atoms in total. The Kier molecular flexibility index (Phi) is 5.17. The number of primary amides is 1. The molecule has 7 heteroatoms. The molecule has 2 aliphatic rings. The first kappa shape index (κ1) is 15.8. The van der Waals surface area contributed by atoms with Gasteiger partial charge in [0.1, 0.15) is 6.04 Å². The van der Waals surface area contributed by atoms with Gasteiger partial charge in [-0.15, -0.1) is 0 Å². The average molecular weight is 297 g/mol. The Balaban J connectivity index is 2.01. The fraction of sp³-hybridized carbons (Fsp3) is 0.786. The standard InChI is InChI=1S/C14H23N3O4/c1-2-4-12(18)17-6-3-5-10(17)14(20)16-7-8-21-11(9-16)13(15)19/h10-11H,2-9H2,1H3,(H2,15,19). The summed E-state index contributed by atoms with van der Waals surface area (Å²) >= 11 is 0. The van der Waals surface area contributed by atoms with Crippen LogP contribution in [-0.2, 0) is 19.1 Å². The SMILES string of the molecule is CCCC(=O)N1CCCC1C(=O)N1CCOC(C(N)=O)C1. The Morgan fingerprint density at radius 2 is 2.05 bits per heavy atom. The molecular weight excluding hydrogens is 274 g/mol. The normalized spacial score (nSPS) is 26.0. The van der Waals surface area contributed by atoms with E-state index in [4.69, 9.17) is 10.5 Å². The Labute approximate surface area is 124 Å². The van der Waals surface area contributed by atoms with E-state index in [1.54, 1.807) is 9.80 Å². The molecule has 0 aromatic rings. The second kappa shape index (κ2) is 6.89. The Morgan fingerprint density at radius 3 is 2.71 bits per heavy atom. The van der Waals surface area contributed by atoms with E-state index in [0.29, 0.717) is 32.5 Å². The molecule has 2 rings (SSSR count). The second-order valence-corrected chi connectivity index (χ2v) is 5.54. The van der Waals surface area contributed by atoms with E-state index >= 15 is 0 Å². The van der Waals surface area contributed by atoms with Gasteiger partial charge in [-0.25, -0.2) is 0 Å². The van der Waals surface area contributed by atoms with Gasteiger partial charge in [0.2, 0.25) is 17.7 Å². The van der Waals surface area contributed by atoms with E-state index in [9.17, 15) is 14.4 Å². The minimum atomic E-state index is -0.746. The number of nitrogens with zero attached hydrogens (tertiary/aromatic N) is 2. The molecular formula is C14H23N3O4. The van der Waals surface area contributed by atoms with Crippen molar-refractivity contribution in [3.8, 4) is 0 Å². The number of hydrogen-bond donors (Lipinski definition) is 1. The van der Waals surface area contributed by atoms with Gasteiger partial charge in [0.05, 0.1) is 13.2 Å². The Hall–Kier alpha value is -1.63. The third-order valence-electron chi connectivity index (χ3n) is 4.02. The van der Waals surface area contributed by atoms with Crippen molar-refractivity contribution in [3.05, 3.63) is 0 Å². The molecule has 118 valence electrons. The zero-order valence-electron chi connectivity index (χ0n) is 12.4. The van der Waals surface area contributed by atoms with Crippen LogP contribution in [0.1, 0.15) is 32.6 Å². The van der Waals surface area contributed by atoms with E-state index < -0.39 is 18.1 Å². The Morgan fingerprint density at radius 1 is 1.29 bits per heavy atom. The molecule has 0 bridgehead atoms. The van der Waals surface area contributed by atoms with Crippen LogP contribution >= 0.6 is 0 Å². The maximum atomic E-state index is 12.6. The highest BCUT2D eigenvalue weighted by molar-refractivity contribution is 5.89. The summed E-state index contributed by atoms with van der Waals surface area (Å²) in [7, 11) is 0. The first-order valence-corrected chi connectivity index (χ1v) is 7.53. The van der Waals surface area contributed by atoms with E-state index in [-0.39, 0.29) is 18.4 Å². The summed E-state index contributed by atoms with van der Waals surface area (Å²) in [5.41, 5.74) is 5.23. The quantitative estimate of drug-likeness (QED) is 0.756. The Bertz CT molecular complexity index is 426. The van der Waals surface area contributed by atoms with Crippen molar-refractivity contribution >= 4 is 17.7 Å². The van der Waals surface area contributed by atoms with Crippen LogP contribution in [0, 0.1) is 0 Å². The lowest BCUT2D eigenvalue weighted by molar-refractivity contribution is -0.152.